The molecule has 2 aromatic carbocycles. The molecule has 9 heteroatoms. The van der Waals surface area contributed by atoms with Crippen molar-refractivity contribution in [3.8, 4) is 5.75 Å². The van der Waals surface area contributed by atoms with Gasteiger partial charge in [0.25, 0.3) is 0 Å². The third kappa shape index (κ3) is 7.71. The molecule has 0 unspecified atom stereocenters. The van der Waals surface area contributed by atoms with Crippen LogP contribution in [0.3, 0.4) is 0 Å². The lowest BCUT2D eigenvalue weighted by Gasteiger charge is -2.34. The van der Waals surface area contributed by atoms with Gasteiger partial charge in [-0.2, -0.15) is 0 Å². The second-order valence-electron chi connectivity index (χ2n) is 9.44. The Balaban J connectivity index is 2.52. The monoisotopic (exact) mass is 517 g/mol. The lowest BCUT2D eigenvalue weighted by molar-refractivity contribution is -0.140. The highest BCUT2D eigenvalue weighted by molar-refractivity contribution is 7.92. The summed E-state index contributed by atoms with van der Waals surface area (Å²) < 4.78 is 32.2. The maximum atomic E-state index is 13.8. The first-order chi connectivity index (χ1) is 16.9. The van der Waals surface area contributed by atoms with E-state index in [2.05, 4.69) is 5.32 Å². The molecule has 8 nitrogen and oxygen atoms in total. The Hall–Kier alpha value is -3.07. The highest BCUT2D eigenvalue weighted by atomic mass is 32.2. The Morgan fingerprint density at radius 2 is 1.69 bits per heavy atom. The zero-order valence-corrected chi connectivity index (χ0v) is 23.1. The van der Waals surface area contributed by atoms with Gasteiger partial charge >= 0.3 is 0 Å². The van der Waals surface area contributed by atoms with E-state index in [1.165, 1.54) is 4.90 Å². The number of hydrogen-bond acceptors (Lipinski definition) is 5. The molecular formula is C27H39N3O5S. The summed E-state index contributed by atoms with van der Waals surface area (Å²) in [5.41, 5.74) is 2.05. The molecule has 198 valence electrons. The normalized spacial score (nSPS) is 12.4. The molecule has 0 fully saturated rings. The van der Waals surface area contributed by atoms with Gasteiger partial charge in [0.2, 0.25) is 21.8 Å². The van der Waals surface area contributed by atoms with Crippen molar-refractivity contribution in [2.75, 3.05) is 24.2 Å². The number of nitrogens with one attached hydrogen (secondary N) is 1. The molecule has 1 atom stereocenters. The van der Waals surface area contributed by atoms with E-state index in [1.807, 2.05) is 58.9 Å². The minimum atomic E-state index is -3.79. The average molecular weight is 518 g/mol. The SMILES string of the molecule is CC[C@H](C(=O)NC(C)C)N(Cc1cccc(OC)c1)C(=O)CN(c1ccccc1C(C)C)S(C)(=O)=O. The van der Waals surface area contributed by atoms with Gasteiger partial charge in [-0.25, -0.2) is 8.42 Å². The minimum absolute atomic E-state index is 0.0497. The van der Waals surface area contributed by atoms with Crippen LogP contribution < -0.4 is 14.4 Å². The second kappa shape index (κ2) is 12.8. The van der Waals surface area contributed by atoms with Crippen molar-refractivity contribution in [2.24, 2.45) is 0 Å². The summed E-state index contributed by atoms with van der Waals surface area (Å²) >= 11 is 0. The summed E-state index contributed by atoms with van der Waals surface area (Å²) in [6.45, 7) is 9.19. The van der Waals surface area contributed by atoms with Crippen LogP contribution in [0.2, 0.25) is 0 Å². The summed E-state index contributed by atoms with van der Waals surface area (Å²) in [5, 5.41) is 2.89. The minimum Gasteiger partial charge on any atom is -0.497 e. The van der Waals surface area contributed by atoms with Crippen molar-refractivity contribution < 1.29 is 22.7 Å². The largest absolute Gasteiger partial charge is 0.497 e. The summed E-state index contributed by atoms with van der Waals surface area (Å²) in [6.07, 6.45) is 1.46. The maximum absolute atomic E-state index is 13.8. The number of rotatable bonds is 12. The van der Waals surface area contributed by atoms with Crippen LogP contribution in [0, 0.1) is 0 Å². The lowest BCUT2D eigenvalue weighted by atomic mass is 10.0. The van der Waals surface area contributed by atoms with E-state index < -0.39 is 28.5 Å². The zero-order valence-electron chi connectivity index (χ0n) is 22.3. The quantitative estimate of drug-likeness (QED) is 0.460. The van der Waals surface area contributed by atoms with E-state index in [1.54, 1.807) is 31.4 Å². The highest BCUT2D eigenvalue weighted by Gasteiger charge is 2.32. The first-order valence-electron chi connectivity index (χ1n) is 12.2. The fraction of sp³-hybridized carbons (Fsp3) is 0.481. The molecule has 36 heavy (non-hydrogen) atoms. The lowest BCUT2D eigenvalue weighted by Crippen LogP contribution is -2.53. The number of sulfonamides is 1. The van der Waals surface area contributed by atoms with Gasteiger partial charge in [0, 0.05) is 12.6 Å². The van der Waals surface area contributed by atoms with E-state index in [9.17, 15) is 18.0 Å². The topological polar surface area (TPSA) is 96.0 Å². The number of amides is 2. The Morgan fingerprint density at radius 3 is 2.25 bits per heavy atom. The van der Waals surface area contributed by atoms with Gasteiger partial charge in [-0.1, -0.05) is 51.1 Å². The van der Waals surface area contributed by atoms with Crippen molar-refractivity contribution >= 4 is 27.5 Å². The van der Waals surface area contributed by atoms with Gasteiger partial charge in [-0.15, -0.1) is 0 Å². The van der Waals surface area contributed by atoms with Crippen LogP contribution in [-0.2, 0) is 26.2 Å². The van der Waals surface area contributed by atoms with Gasteiger partial charge < -0.3 is 15.0 Å². The molecule has 2 rings (SSSR count). The van der Waals surface area contributed by atoms with Crippen molar-refractivity contribution in [3.05, 3.63) is 59.7 Å². The standard InChI is InChI=1S/C27H39N3O5S/c1-8-24(27(32)28-20(4)5)29(17-21-12-11-13-22(16-21)35-6)26(31)18-30(36(7,33)34)25-15-10-9-14-23(25)19(2)3/h9-16,19-20,24H,8,17-18H2,1-7H3,(H,28,32)/t24-/m1/s1. The molecule has 0 aliphatic rings. The predicted octanol–water partition coefficient (Wildman–Crippen LogP) is 3.92. The number of carbonyl (C=O) groups is 2. The van der Waals surface area contributed by atoms with E-state index in [0.29, 0.717) is 17.9 Å². The molecule has 2 amide bonds. The van der Waals surface area contributed by atoms with Gasteiger partial charge in [-0.05, 0) is 55.5 Å². The molecule has 0 saturated carbocycles. The molecule has 0 radical (unpaired) electrons. The fourth-order valence-electron chi connectivity index (χ4n) is 4.07. The number of nitrogens with zero attached hydrogens (tertiary/aromatic N) is 2. The van der Waals surface area contributed by atoms with E-state index in [-0.39, 0.29) is 24.4 Å². The molecule has 1 N–H and O–H groups in total. The maximum Gasteiger partial charge on any atom is 0.244 e. The summed E-state index contributed by atoms with van der Waals surface area (Å²) in [6, 6.07) is 13.6. The third-order valence-electron chi connectivity index (χ3n) is 5.81. The Morgan fingerprint density at radius 1 is 1.03 bits per heavy atom. The molecule has 0 heterocycles. The first-order valence-corrected chi connectivity index (χ1v) is 14.0. The molecule has 0 saturated heterocycles. The van der Waals surface area contributed by atoms with Crippen molar-refractivity contribution in [3.63, 3.8) is 0 Å². The molecule has 0 bridgehead atoms. The zero-order chi connectivity index (χ0) is 27.0. The number of anilines is 1. The van der Waals surface area contributed by atoms with Crippen molar-refractivity contribution in [1.82, 2.24) is 10.2 Å². The van der Waals surface area contributed by atoms with E-state index in [0.717, 1.165) is 21.7 Å². The predicted molar refractivity (Wildman–Crippen MR) is 144 cm³/mol. The molecule has 2 aromatic rings. The van der Waals surface area contributed by atoms with Crippen LogP contribution in [-0.4, -0.2) is 57.1 Å². The van der Waals surface area contributed by atoms with Crippen molar-refractivity contribution in [2.45, 2.75) is 65.6 Å². The van der Waals surface area contributed by atoms with Gasteiger partial charge in [-0.3, -0.25) is 13.9 Å². The Labute approximate surface area is 215 Å². The van der Waals surface area contributed by atoms with Crippen LogP contribution in [0.25, 0.3) is 0 Å². The highest BCUT2D eigenvalue weighted by Crippen LogP contribution is 2.29. The summed E-state index contributed by atoms with van der Waals surface area (Å²) in [5.74, 6) is -0.0679. The summed E-state index contributed by atoms with van der Waals surface area (Å²) in [4.78, 5) is 28.4. The number of benzene rings is 2. The van der Waals surface area contributed by atoms with E-state index in [4.69, 9.17) is 4.74 Å². The molecule has 0 aliphatic carbocycles. The summed E-state index contributed by atoms with van der Waals surface area (Å²) in [7, 11) is -2.23. The third-order valence-corrected chi connectivity index (χ3v) is 6.94. The number of methoxy groups -OCH3 is 1. The van der Waals surface area contributed by atoms with Crippen LogP contribution >= 0.6 is 0 Å². The van der Waals surface area contributed by atoms with Gasteiger partial charge in [0.15, 0.2) is 0 Å². The van der Waals surface area contributed by atoms with Crippen LogP contribution in [0.15, 0.2) is 48.5 Å². The van der Waals surface area contributed by atoms with Crippen LogP contribution in [0.4, 0.5) is 5.69 Å². The number of hydrogen-bond donors (Lipinski definition) is 1. The first kappa shape index (κ1) is 29.2. The van der Waals surface area contributed by atoms with Crippen LogP contribution in [0.1, 0.15) is 58.1 Å². The Kier molecular flexibility index (Phi) is 10.3. The second-order valence-corrected chi connectivity index (χ2v) is 11.4. The van der Waals surface area contributed by atoms with Crippen LogP contribution in [0.5, 0.6) is 5.75 Å². The number of para-hydroxylation sites is 1. The smallest absolute Gasteiger partial charge is 0.244 e. The van der Waals surface area contributed by atoms with E-state index >= 15 is 0 Å². The number of ether oxygens (including phenoxy) is 1. The van der Waals surface area contributed by atoms with Gasteiger partial charge in [0.05, 0.1) is 19.1 Å². The molecule has 0 aromatic heterocycles. The molecular weight excluding hydrogens is 478 g/mol. The average Bonchev–Trinajstić information content (AvgIpc) is 2.81. The molecule has 0 spiro atoms. The molecule has 0 aliphatic heterocycles. The fourth-order valence-corrected chi connectivity index (χ4v) is 4.93. The van der Waals surface area contributed by atoms with Gasteiger partial charge in [0.1, 0.15) is 18.3 Å². The Bertz CT molecular complexity index is 1150. The van der Waals surface area contributed by atoms with Crippen molar-refractivity contribution in [1.29, 1.82) is 0 Å². The number of carbonyl (C=O) groups excluding carboxylic acids is 2.